The maximum absolute atomic E-state index is 12.4. The number of rotatable bonds is 6. The number of carbonyl (C=O) groups is 3. The van der Waals surface area contributed by atoms with E-state index in [1.165, 1.54) is 12.0 Å². The van der Waals surface area contributed by atoms with Crippen LogP contribution >= 0.6 is 27.5 Å². The standard InChI is InChI=1S/C19H17BrClN3O4/c1-28-16-6-4-12(10-15(16)21)23-19(27)22-7-2-8-24-17(25)13-5-3-11(20)9-14(13)18(24)26/h3-6,9-10H,2,7-8H2,1H3,(H2,22,23,27). The highest BCUT2D eigenvalue weighted by atomic mass is 79.9. The molecule has 0 atom stereocenters. The van der Waals surface area contributed by atoms with Crippen molar-refractivity contribution in [1.29, 1.82) is 0 Å². The van der Waals surface area contributed by atoms with Crippen LogP contribution in [-0.4, -0.2) is 42.9 Å². The van der Waals surface area contributed by atoms with Crippen molar-refractivity contribution in [2.75, 3.05) is 25.5 Å². The summed E-state index contributed by atoms with van der Waals surface area (Å²) in [5, 5.41) is 5.73. The monoisotopic (exact) mass is 465 g/mol. The minimum absolute atomic E-state index is 0.221. The number of carbonyl (C=O) groups excluding carboxylic acids is 3. The number of anilines is 1. The molecular formula is C19H17BrClN3O4. The Hall–Kier alpha value is -2.58. The highest BCUT2D eigenvalue weighted by molar-refractivity contribution is 9.10. The van der Waals surface area contributed by atoms with Crippen molar-refractivity contribution in [3.8, 4) is 5.75 Å². The van der Waals surface area contributed by atoms with E-state index in [1.807, 2.05) is 0 Å². The molecule has 0 aliphatic carbocycles. The van der Waals surface area contributed by atoms with E-state index in [4.69, 9.17) is 16.3 Å². The van der Waals surface area contributed by atoms with E-state index >= 15 is 0 Å². The molecule has 1 heterocycles. The van der Waals surface area contributed by atoms with E-state index in [0.29, 0.717) is 40.6 Å². The summed E-state index contributed by atoms with van der Waals surface area (Å²) in [5.74, 6) is -0.121. The number of nitrogens with zero attached hydrogens (tertiary/aromatic N) is 1. The van der Waals surface area contributed by atoms with Crippen LogP contribution in [0.25, 0.3) is 0 Å². The molecule has 28 heavy (non-hydrogen) atoms. The summed E-state index contributed by atoms with van der Waals surface area (Å²) in [6.45, 7) is 0.519. The lowest BCUT2D eigenvalue weighted by Gasteiger charge is -2.14. The van der Waals surface area contributed by atoms with Crippen molar-refractivity contribution in [3.63, 3.8) is 0 Å². The Balaban J connectivity index is 1.47. The Bertz CT molecular complexity index is 951. The maximum Gasteiger partial charge on any atom is 0.319 e. The lowest BCUT2D eigenvalue weighted by Crippen LogP contribution is -2.35. The van der Waals surface area contributed by atoms with E-state index in [1.54, 1.807) is 36.4 Å². The molecule has 146 valence electrons. The largest absolute Gasteiger partial charge is 0.495 e. The second-order valence-corrected chi connectivity index (χ2v) is 7.36. The van der Waals surface area contributed by atoms with Crippen LogP contribution in [0.3, 0.4) is 0 Å². The van der Waals surface area contributed by atoms with Crippen LogP contribution in [0, 0.1) is 0 Å². The number of hydrogen-bond acceptors (Lipinski definition) is 4. The number of hydrogen-bond donors (Lipinski definition) is 2. The molecule has 0 saturated heterocycles. The fraction of sp³-hybridized carbons (Fsp3) is 0.211. The predicted molar refractivity (Wildman–Crippen MR) is 109 cm³/mol. The van der Waals surface area contributed by atoms with Gasteiger partial charge in [0.1, 0.15) is 5.75 Å². The molecule has 4 amide bonds. The van der Waals surface area contributed by atoms with Crippen LogP contribution in [0.15, 0.2) is 40.9 Å². The quantitative estimate of drug-likeness (QED) is 0.499. The molecule has 0 saturated carbocycles. The summed E-state index contributed by atoms with van der Waals surface area (Å²) < 4.78 is 5.80. The lowest BCUT2D eigenvalue weighted by atomic mass is 10.1. The minimum Gasteiger partial charge on any atom is -0.495 e. The molecule has 0 fully saturated rings. The normalized spacial score (nSPS) is 12.8. The van der Waals surface area contributed by atoms with Crippen LogP contribution in [0.4, 0.5) is 10.5 Å². The molecule has 3 rings (SSSR count). The Kier molecular flexibility index (Phi) is 6.21. The predicted octanol–water partition coefficient (Wildman–Crippen LogP) is 3.92. The van der Waals surface area contributed by atoms with E-state index in [2.05, 4.69) is 26.6 Å². The fourth-order valence-electron chi connectivity index (χ4n) is 2.82. The third-order valence-corrected chi connectivity index (χ3v) is 4.98. The van der Waals surface area contributed by atoms with Crippen molar-refractivity contribution in [1.82, 2.24) is 10.2 Å². The molecule has 1 aliphatic rings. The molecule has 2 N–H and O–H groups in total. The second-order valence-electron chi connectivity index (χ2n) is 6.04. The summed E-state index contributed by atoms with van der Waals surface area (Å²) in [7, 11) is 1.51. The van der Waals surface area contributed by atoms with Crippen LogP contribution in [0.5, 0.6) is 5.75 Å². The summed E-state index contributed by atoms with van der Waals surface area (Å²) in [6.07, 6.45) is 0.434. The Morgan fingerprint density at radius 3 is 2.61 bits per heavy atom. The summed E-state index contributed by atoms with van der Waals surface area (Å²) in [6, 6.07) is 9.49. The maximum atomic E-state index is 12.4. The Morgan fingerprint density at radius 2 is 1.89 bits per heavy atom. The molecule has 9 heteroatoms. The van der Waals surface area contributed by atoms with Gasteiger partial charge in [0.15, 0.2) is 0 Å². The number of imide groups is 1. The number of nitrogens with one attached hydrogen (secondary N) is 2. The average molecular weight is 467 g/mol. The van der Waals surface area contributed by atoms with Crippen molar-refractivity contribution in [2.45, 2.75) is 6.42 Å². The number of fused-ring (bicyclic) bond motifs is 1. The van der Waals surface area contributed by atoms with Gasteiger partial charge in [-0.25, -0.2) is 4.79 Å². The third-order valence-electron chi connectivity index (χ3n) is 4.19. The molecular weight excluding hydrogens is 450 g/mol. The highest BCUT2D eigenvalue weighted by Crippen LogP contribution is 2.27. The van der Waals surface area contributed by atoms with Gasteiger partial charge in [0.25, 0.3) is 11.8 Å². The smallest absolute Gasteiger partial charge is 0.319 e. The first-order chi connectivity index (χ1) is 13.4. The Labute approximate surface area is 175 Å². The SMILES string of the molecule is COc1ccc(NC(=O)NCCCN2C(=O)c3ccc(Br)cc3C2=O)cc1Cl. The first kappa shape index (κ1) is 20.2. The number of ether oxygens (including phenoxy) is 1. The molecule has 0 aromatic heterocycles. The molecule has 0 unspecified atom stereocenters. The molecule has 0 radical (unpaired) electrons. The number of amides is 4. The zero-order valence-corrected chi connectivity index (χ0v) is 17.3. The van der Waals surface area contributed by atoms with Gasteiger partial charge in [-0.1, -0.05) is 27.5 Å². The van der Waals surface area contributed by atoms with Gasteiger partial charge in [-0.05, 0) is 42.8 Å². The number of halogens is 2. The van der Waals surface area contributed by atoms with Crippen molar-refractivity contribution < 1.29 is 19.1 Å². The van der Waals surface area contributed by atoms with E-state index in [-0.39, 0.29) is 18.4 Å². The van der Waals surface area contributed by atoms with Gasteiger partial charge in [0.05, 0.1) is 23.3 Å². The van der Waals surface area contributed by atoms with Crippen LogP contribution in [0.2, 0.25) is 5.02 Å². The first-order valence-corrected chi connectivity index (χ1v) is 9.62. The first-order valence-electron chi connectivity index (χ1n) is 8.45. The average Bonchev–Trinajstić information content (AvgIpc) is 2.89. The third kappa shape index (κ3) is 4.28. The summed E-state index contributed by atoms with van der Waals surface area (Å²) >= 11 is 9.32. The van der Waals surface area contributed by atoms with Gasteiger partial charge < -0.3 is 15.4 Å². The number of methoxy groups -OCH3 is 1. The summed E-state index contributed by atoms with van der Waals surface area (Å²) in [4.78, 5) is 37.9. The van der Waals surface area contributed by atoms with Gasteiger partial charge in [-0.2, -0.15) is 0 Å². The topological polar surface area (TPSA) is 87.7 Å². The highest BCUT2D eigenvalue weighted by Gasteiger charge is 2.34. The van der Waals surface area contributed by atoms with Crippen LogP contribution in [0.1, 0.15) is 27.1 Å². The van der Waals surface area contributed by atoms with Gasteiger partial charge in [0.2, 0.25) is 0 Å². The van der Waals surface area contributed by atoms with Gasteiger partial charge in [0, 0.05) is 23.2 Å². The number of benzene rings is 2. The fourth-order valence-corrected chi connectivity index (χ4v) is 3.44. The molecule has 0 bridgehead atoms. The van der Waals surface area contributed by atoms with Crippen LogP contribution in [-0.2, 0) is 0 Å². The zero-order chi connectivity index (χ0) is 20.3. The Morgan fingerprint density at radius 1 is 1.14 bits per heavy atom. The van der Waals surface area contributed by atoms with Gasteiger partial charge in [-0.15, -0.1) is 0 Å². The van der Waals surface area contributed by atoms with Crippen molar-refractivity contribution >= 4 is 51.1 Å². The minimum atomic E-state index is -0.410. The molecule has 0 spiro atoms. The molecule has 1 aliphatic heterocycles. The summed E-state index contributed by atoms with van der Waals surface area (Å²) in [5.41, 5.74) is 1.31. The van der Waals surface area contributed by atoms with E-state index in [0.717, 1.165) is 4.47 Å². The zero-order valence-electron chi connectivity index (χ0n) is 14.9. The van der Waals surface area contributed by atoms with Gasteiger partial charge >= 0.3 is 6.03 Å². The molecule has 7 nitrogen and oxygen atoms in total. The van der Waals surface area contributed by atoms with Crippen LogP contribution < -0.4 is 15.4 Å². The number of urea groups is 1. The van der Waals surface area contributed by atoms with Crippen molar-refractivity contribution in [2.24, 2.45) is 0 Å². The van der Waals surface area contributed by atoms with E-state index < -0.39 is 6.03 Å². The second kappa shape index (κ2) is 8.62. The molecule has 2 aromatic rings. The van der Waals surface area contributed by atoms with Crippen molar-refractivity contribution in [3.05, 3.63) is 57.0 Å². The molecule has 2 aromatic carbocycles. The van der Waals surface area contributed by atoms with E-state index in [9.17, 15) is 14.4 Å². The lowest BCUT2D eigenvalue weighted by molar-refractivity contribution is 0.0653. The van der Waals surface area contributed by atoms with Gasteiger partial charge in [-0.3, -0.25) is 14.5 Å².